The standard InChI is InChI=1S/C27H36N2O9Si2/c1-3-37-39-13-5-11-28-24(31)19-9-7-17(15-21(19)26(33)34)23(30)18-8-10-20(22(16-18)27(35)36)25(32)29-12-6-14-40-38-4-2/h7-10,15-16H,3-6,11-14,39-40H2,1-2H3,(H,28,31)(H,29,32)(H,33,34)(H,35,36). The van der Waals surface area contributed by atoms with Crippen LogP contribution in [0, 0.1) is 0 Å². The molecule has 2 rings (SSSR count). The summed E-state index contributed by atoms with van der Waals surface area (Å²) in [4.78, 5) is 62.1. The first-order valence-corrected chi connectivity index (χ1v) is 16.4. The molecule has 2 aromatic rings. The van der Waals surface area contributed by atoms with Crippen LogP contribution < -0.4 is 10.6 Å². The van der Waals surface area contributed by atoms with E-state index >= 15 is 0 Å². The van der Waals surface area contributed by atoms with E-state index in [2.05, 4.69) is 10.6 Å². The van der Waals surface area contributed by atoms with Crippen molar-refractivity contribution in [3.8, 4) is 0 Å². The number of hydrogen-bond donors (Lipinski definition) is 4. The zero-order valence-corrected chi connectivity index (χ0v) is 25.6. The Balaban J connectivity index is 2.17. The fourth-order valence-electron chi connectivity index (χ4n) is 3.83. The molecule has 4 N–H and O–H groups in total. The van der Waals surface area contributed by atoms with Gasteiger partial charge in [-0.2, -0.15) is 0 Å². The van der Waals surface area contributed by atoms with Crippen LogP contribution in [0.3, 0.4) is 0 Å². The number of carboxylic acids is 2. The van der Waals surface area contributed by atoms with Gasteiger partial charge >= 0.3 is 11.9 Å². The number of rotatable bonds is 18. The van der Waals surface area contributed by atoms with Crippen molar-refractivity contribution in [3.05, 3.63) is 69.8 Å². The van der Waals surface area contributed by atoms with Crippen molar-refractivity contribution in [2.75, 3.05) is 26.3 Å². The van der Waals surface area contributed by atoms with E-state index in [1.54, 1.807) is 0 Å². The largest absolute Gasteiger partial charge is 0.478 e. The highest BCUT2D eigenvalue weighted by Crippen LogP contribution is 2.19. The maximum atomic E-state index is 13.1. The number of carbonyl (C=O) groups excluding carboxylic acids is 3. The van der Waals surface area contributed by atoms with Gasteiger partial charge in [0.25, 0.3) is 11.8 Å². The monoisotopic (exact) mass is 588 g/mol. The second kappa shape index (κ2) is 17.1. The predicted octanol–water partition coefficient (Wildman–Crippen LogP) is 1.63. The van der Waals surface area contributed by atoms with Crippen LogP contribution in [0.2, 0.25) is 12.1 Å². The quantitative estimate of drug-likeness (QED) is 0.115. The Hall–Kier alpha value is -3.66. The van der Waals surface area contributed by atoms with E-state index in [9.17, 15) is 34.2 Å². The Labute approximate surface area is 237 Å². The maximum Gasteiger partial charge on any atom is 0.336 e. The minimum Gasteiger partial charge on any atom is -0.478 e. The van der Waals surface area contributed by atoms with Gasteiger partial charge in [-0.25, -0.2) is 9.59 Å². The van der Waals surface area contributed by atoms with Gasteiger partial charge in [-0.1, -0.05) is 12.1 Å². The molecule has 0 aliphatic carbocycles. The molecule has 40 heavy (non-hydrogen) atoms. The summed E-state index contributed by atoms with van der Waals surface area (Å²) in [7, 11) is -1.25. The molecule has 0 unspecified atom stereocenters. The highest BCUT2D eigenvalue weighted by molar-refractivity contribution is 6.27. The highest BCUT2D eigenvalue weighted by atomic mass is 28.2. The van der Waals surface area contributed by atoms with Crippen LogP contribution in [0.1, 0.15) is 84.0 Å². The summed E-state index contributed by atoms with van der Waals surface area (Å²) in [5.74, 6) is -4.56. The molecule has 0 aliphatic heterocycles. The van der Waals surface area contributed by atoms with Crippen LogP contribution in [-0.2, 0) is 8.85 Å². The number of benzene rings is 2. The molecule has 0 aromatic heterocycles. The number of ketones is 1. The second-order valence-corrected chi connectivity index (χ2v) is 11.8. The molecular weight excluding hydrogens is 552 g/mol. The van der Waals surface area contributed by atoms with E-state index in [-0.39, 0.29) is 33.4 Å². The summed E-state index contributed by atoms with van der Waals surface area (Å²) >= 11 is 0. The second-order valence-electron chi connectivity index (χ2n) is 8.78. The molecule has 2 aromatic carbocycles. The number of nitrogens with one attached hydrogen (secondary N) is 2. The molecule has 0 fully saturated rings. The van der Waals surface area contributed by atoms with Crippen molar-refractivity contribution < 1.29 is 43.0 Å². The summed E-state index contributed by atoms with van der Waals surface area (Å²) in [5, 5.41) is 24.7. The van der Waals surface area contributed by atoms with Crippen molar-refractivity contribution in [3.63, 3.8) is 0 Å². The number of aromatic carboxylic acids is 2. The van der Waals surface area contributed by atoms with Crippen LogP contribution in [-0.4, -0.2) is 85.6 Å². The van der Waals surface area contributed by atoms with Gasteiger partial charge in [-0.3, -0.25) is 14.4 Å². The number of hydrogen-bond acceptors (Lipinski definition) is 7. The van der Waals surface area contributed by atoms with Crippen molar-refractivity contribution in [1.29, 1.82) is 0 Å². The van der Waals surface area contributed by atoms with Gasteiger partial charge in [0.2, 0.25) is 0 Å². The first-order valence-electron chi connectivity index (χ1n) is 13.2. The molecule has 11 nitrogen and oxygen atoms in total. The van der Waals surface area contributed by atoms with E-state index in [0.717, 1.165) is 24.2 Å². The lowest BCUT2D eigenvalue weighted by Gasteiger charge is -2.11. The van der Waals surface area contributed by atoms with E-state index < -0.39 is 49.1 Å². The van der Waals surface area contributed by atoms with Crippen LogP contribution >= 0.6 is 0 Å². The Morgan fingerprint density at radius 2 is 1.07 bits per heavy atom. The molecule has 216 valence electrons. The lowest BCUT2D eigenvalue weighted by Crippen LogP contribution is -2.27. The van der Waals surface area contributed by atoms with Crippen molar-refractivity contribution in [1.82, 2.24) is 10.6 Å². The van der Waals surface area contributed by atoms with Gasteiger partial charge in [-0.15, -0.1) is 0 Å². The summed E-state index contributed by atoms with van der Waals surface area (Å²) in [5.41, 5.74) is -0.961. The normalized spacial score (nSPS) is 11.2. The fourth-order valence-corrected chi connectivity index (χ4v) is 5.72. The molecule has 2 amide bonds. The van der Waals surface area contributed by atoms with E-state index in [4.69, 9.17) is 8.85 Å². The molecule has 0 saturated carbocycles. The van der Waals surface area contributed by atoms with E-state index in [1.165, 1.54) is 24.3 Å². The highest BCUT2D eigenvalue weighted by Gasteiger charge is 2.22. The Kier molecular flexibility index (Phi) is 13.9. The van der Waals surface area contributed by atoms with Crippen LogP contribution in [0.25, 0.3) is 0 Å². The minimum atomic E-state index is -1.38. The Morgan fingerprint density at radius 1 is 0.675 bits per heavy atom. The van der Waals surface area contributed by atoms with Gasteiger partial charge in [0.05, 0.1) is 22.3 Å². The Bertz CT molecular complexity index is 1130. The summed E-state index contributed by atoms with van der Waals surface area (Å²) in [6.45, 7) is 5.91. The number of carboxylic acid groups (broad SMARTS) is 2. The lowest BCUT2D eigenvalue weighted by atomic mass is 9.95. The smallest absolute Gasteiger partial charge is 0.336 e. The van der Waals surface area contributed by atoms with E-state index in [0.29, 0.717) is 39.1 Å². The first kappa shape index (κ1) is 32.6. The molecule has 0 atom stereocenters. The van der Waals surface area contributed by atoms with Crippen molar-refractivity contribution >= 4 is 49.1 Å². The van der Waals surface area contributed by atoms with Gasteiger partial charge < -0.3 is 29.7 Å². The topological polar surface area (TPSA) is 168 Å². The minimum absolute atomic E-state index is 0.0383. The fraction of sp³-hybridized carbons (Fsp3) is 0.370. The lowest BCUT2D eigenvalue weighted by molar-refractivity contribution is 0.0682. The van der Waals surface area contributed by atoms with Gasteiger partial charge in [0, 0.05) is 37.4 Å². The van der Waals surface area contributed by atoms with Gasteiger partial charge in [0.1, 0.15) is 0 Å². The summed E-state index contributed by atoms with van der Waals surface area (Å²) in [6.07, 6.45) is 1.43. The average Bonchev–Trinajstić information content (AvgIpc) is 2.95. The predicted molar refractivity (Wildman–Crippen MR) is 154 cm³/mol. The van der Waals surface area contributed by atoms with Crippen molar-refractivity contribution in [2.45, 2.75) is 38.8 Å². The number of amides is 2. The van der Waals surface area contributed by atoms with Crippen molar-refractivity contribution in [2.24, 2.45) is 0 Å². The molecule has 0 radical (unpaired) electrons. The van der Waals surface area contributed by atoms with Crippen LogP contribution in [0.15, 0.2) is 36.4 Å². The molecular formula is C27H36N2O9Si2. The zero-order valence-electron chi connectivity index (χ0n) is 22.8. The third-order valence-electron chi connectivity index (χ3n) is 5.92. The van der Waals surface area contributed by atoms with Gasteiger partial charge in [-0.05, 0) is 63.0 Å². The molecule has 0 spiro atoms. The number of carbonyl (C=O) groups is 5. The summed E-state index contributed by atoms with van der Waals surface area (Å²) in [6, 6.07) is 9.09. The summed E-state index contributed by atoms with van der Waals surface area (Å²) < 4.78 is 10.8. The van der Waals surface area contributed by atoms with Crippen LogP contribution in [0.5, 0.6) is 0 Å². The maximum absolute atomic E-state index is 13.1. The average molecular weight is 589 g/mol. The third kappa shape index (κ3) is 9.82. The van der Waals surface area contributed by atoms with Gasteiger partial charge in [0.15, 0.2) is 25.3 Å². The molecule has 0 heterocycles. The molecule has 0 saturated heterocycles. The third-order valence-corrected chi connectivity index (χ3v) is 8.90. The SMILES string of the molecule is CCO[SiH2]CCCNC(=O)c1ccc(C(=O)c2ccc(C(=O)NCCC[SiH2]OCC)c(C(=O)O)c2)cc1C(=O)O. The van der Waals surface area contributed by atoms with E-state index in [1.807, 2.05) is 13.8 Å². The first-order chi connectivity index (χ1) is 19.2. The Morgan fingerprint density at radius 3 is 1.43 bits per heavy atom. The zero-order chi connectivity index (χ0) is 29.5. The molecule has 0 aliphatic rings. The molecule has 0 bridgehead atoms. The molecule has 13 heteroatoms. The van der Waals surface area contributed by atoms with Crippen LogP contribution in [0.4, 0.5) is 0 Å².